The molecule has 1 heterocycles. The zero-order valence-corrected chi connectivity index (χ0v) is 14.2. The van der Waals surface area contributed by atoms with Crippen molar-refractivity contribution in [2.45, 2.75) is 32.1 Å². The van der Waals surface area contributed by atoms with Crippen molar-refractivity contribution in [2.24, 2.45) is 0 Å². The van der Waals surface area contributed by atoms with Gasteiger partial charge in [0.05, 0.1) is 5.69 Å². The Hall–Kier alpha value is -1.87. The number of ether oxygens (including phenoxy) is 1. The third-order valence-corrected chi connectivity index (χ3v) is 4.48. The van der Waals surface area contributed by atoms with Gasteiger partial charge in [-0.05, 0) is 75.2 Å². The first-order valence-electron chi connectivity index (χ1n) is 8.59. The van der Waals surface area contributed by atoms with Crippen LogP contribution >= 0.6 is 0 Å². The Labute approximate surface area is 139 Å². The van der Waals surface area contributed by atoms with Gasteiger partial charge in [-0.25, -0.2) is 0 Å². The number of nitrogens with zero attached hydrogens (tertiary/aromatic N) is 2. The molecule has 0 N–H and O–H groups in total. The Morgan fingerprint density at radius 1 is 1.00 bits per heavy atom. The van der Waals surface area contributed by atoms with Crippen LogP contribution in [0.2, 0.25) is 0 Å². The second-order valence-electron chi connectivity index (χ2n) is 6.50. The van der Waals surface area contributed by atoms with Crippen molar-refractivity contribution in [3.63, 3.8) is 0 Å². The van der Waals surface area contributed by atoms with Crippen molar-refractivity contribution in [1.82, 2.24) is 9.88 Å². The van der Waals surface area contributed by atoms with Gasteiger partial charge in [-0.3, -0.25) is 4.98 Å². The van der Waals surface area contributed by atoms with E-state index in [1.807, 2.05) is 12.3 Å². The molecule has 0 spiro atoms. The Morgan fingerprint density at radius 2 is 1.83 bits per heavy atom. The molecular formula is C20H26N2O. The summed E-state index contributed by atoms with van der Waals surface area (Å²) in [6.45, 7) is 1.68. The lowest BCUT2D eigenvalue weighted by Gasteiger charge is -2.18. The van der Waals surface area contributed by atoms with E-state index in [9.17, 15) is 0 Å². The number of pyridine rings is 1. The number of hydrogen-bond acceptors (Lipinski definition) is 3. The second kappa shape index (κ2) is 7.60. The van der Waals surface area contributed by atoms with Crippen molar-refractivity contribution in [3.05, 3.63) is 47.7 Å². The molecule has 1 aliphatic rings. The van der Waals surface area contributed by atoms with Crippen LogP contribution in [0.5, 0.6) is 5.75 Å². The van der Waals surface area contributed by atoms with Crippen LogP contribution in [0.25, 0.3) is 11.3 Å². The largest absolute Gasteiger partial charge is 0.492 e. The van der Waals surface area contributed by atoms with Gasteiger partial charge in [-0.1, -0.05) is 12.5 Å². The molecule has 0 amide bonds. The first-order chi connectivity index (χ1) is 11.3. The van der Waals surface area contributed by atoms with Gasteiger partial charge in [0.2, 0.25) is 0 Å². The van der Waals surface area contributed by atoms with E-state index < -0.39 is 0 Å². The van der Waals surface area contributed by atoms with Crippen LogP contribution in [-0.2, 0) is 12.8 Å². The summed E-state index contributed by atoms with van der Waals surface area (Å²) < 4.78 is 6.10. The predicted molar refractivity (Wildman–Crippen MR) is 95.0 cm³/mol. The molecule has 0 saturated heterocycles. The van der Waals surface area contributed by atoms with Gasteiger partial charge >= 0.3 is 0 Å². The lowest BCUT2D eigenvalue weighted by Crippen LogP contribution is -2.20. The maximum absolute atomic E-state index is 6.10. The molecule has 0 fully saturated rings. The van der Waals surface area contributed by atoms with Crippen molar-refractivity contribution in [1.29, 1.82) is 0 Å². The number of rotatable bonds is 5. The van der Waals surface area contributed by atoms with Gasteiger partial charge < -0.3 is 9.64 Å². The Kier molecular flexibility index (Phi) is 5.29. The zero-order chi connectivity index (χ0) is 16.1. The fraction of sp³-hybridized carbons (Fsp3) is 0.450. The highest BCUT2D eigenvalue weighted by atomic mass is 16.5. The summed E-state index contributed by atoms with van der Waals surface area (Å²) in [5.74, 6) is 1.07. The summed E-state index contributed by atoms with van der Waals surface area (Å²) in [4.78, 5) is 6.71. The summed E-state index contributed by atoms with van der Waals surface area (Å²) in [7, 11) is 4.15. The van der Waals surface area contributed by atoms with Crippen LogP contribution in [0.15, 0.2) is 36.5 Å². The molecule has 23 heavy (non-hydrogen) atoms. The van der Waals surface area contributed by atoms with E-state index in [0.717, 1.165) is 37.4 Å². The van der Waals surface area contributed by atoms with Crippen LogP contribution in [0, 0.1) is 0 Å². The highest BCUT2D eigenvalue weighted by Gasteiger charge is 2.18. The predicted octanol–water partition coefficient (Wildman–Crippen LogP) is 3.96. The Morgan fingerprint density at radius 3 is 2.57 bits per heavy atom. The summed E-state index contributed by atoms with van der Waals surface area (Å²) in [6, 6.07) is 10.5. The molecule has 2 aromatic rings. The van der Waals surface area contributed by atoms with E-state index in [2.05, 4.69) is 48.2 Å². The average molecular weight is 310 g/mol. The molecule has 122 valence electrons. The fourth-order valence-corrected chi connectivity index (χ4v) is 3.25. The second-order valence-corrected chi connectivity index (χ2v) is 6.50. The summed E-state index contributed by atoms with van der Waals surface area (Å²) in [5, 5.41) is 0. The normalized spacial score (nSPS) is 14.4. The minimum atomic E-state index is 0.738. The van der Waals surface area contributed by atoms with E-state index in [1.54, 1.807) is 0 Å². The van der Waals surface area contributed by atoms with Gasteiger partial charge in [-0.15, -0.1) is 0 Å². The molecule has 1 aliphatic carbocycles. The molecule has 0 saturated carbocycles. The summed E-state index contributed by atoms with van der Waals surface area (Å²) in [6.07, 6.45) is 7.93. The standard InChI is InChI=1S/C20H26N2O/c1-22(2)14-15-23-20-12-11-17(19-10-6-7-13-21-19)16-8-4-3-5-9-18(16)20/h6-7,10-13H,3-5,8-9,14-15H2,1-2H3. The maximum atomic E-state index is 6.10. The molecule has 0 radical (unpaired) electrons. The highest BCUT2D eigenvalue weighted by Crippen LogP contribution is 2.35. The van der Waals surface area contributed by atoms with Crippen molar-refractivity contribution in [3.8, 4) is 17.0 Å². The van der Waals surface area contributed by atoms with E-state index in [1.165, 1.54) is 36.0 Å². The number of likely N-dealkylation sites (N-methyl/N-ethyl adjacent to an activating group) is 1. The van der Waals surface area contributed by atoms with Crippen LogP contribution in [0.1, 0.15) is 30.4 Å². The number of aromatic nitrogens is 1. The van der Waals surface area contributed by atoms with Gasteiger partial charge in [0.1, 0.15) is 12.4 Å². The summed E-state index contributed by atoms with van der Waals surface area (Å²) >= 11 is 0. The van der Waals surface area contributed by atoms with Crippen LogP contribution < -0.4 is 4.74 Å². The third-order valence-electron chi connectivity index (χ3n) is 4.48. The molecule has 0 unspecified atom stereocenters. The first-order valence-corrected chi connectivity index (χ1v) is 8.59. The maximum Gasteiger partial charge on any atom is 0.122 e. The minimum Gasteiger partial charge on any atom is -0.492 e. The monoisotopic (exact) mass is 310 g/mol. The SMILES string of the molecule is CN(C)CCOc1ccc(-c2ccccn2)c2c1CCCCC2. The lowest BCUT2D eigenvalue weighted by atomic mass is 9.94. The topological polar surface area (TPSA) is 25.4 Å². The lowest BCUT2D eigenvalue weighted by molar-refractivity contribution is 0.259. The highest BCUT2D eigenvalue weighted by molar-refractivity contribution is 5.68. The van der Waals surface area contributed by atoms with Gasteiger partial charge in [-0.2, -0.15) is 0 Å². The van der Waals surface area contributed by atoms with Crippen LogP contribution in [-0.4, -0.2) is 37.1 Å². The number of hydrogen-bond donors (Lipinski definition) is 0. The smallest absolute Gasteiger partial charge is 0.122 e. The third kappa shape index (κ3) is 3.91. The zero-order valence-electron chi connectivity index (χ0n) is 14.2. The number of fused-ring (bicyclic) bond motifs is 1. The molecule has 3 rings (SSSR count). The molecule has 0 bridgehead atoms. The van der Waals surface area contributed by atoms with E-state index in [4.69, 9.17) is 4.74 Å². The van der Waals surface area contributed by atoms with Gasteiger partial charge in [0.15, 0.2) is 0 Å². The Balaban J connectivity index is 1.94. The molecule has 3 nitrogen and oxygen atoms in total. The molecule has 0 atom stereocenters. The van der Waals surface area contributed by atoms with Gasteiger partial charge in [0, 0.05) is 18.3 Å². The van der Waals surface area contributed by atoms with E-state index >= 15 is 0 Å². The van der Waals surface area contributed by atoms with E-state index in [0.29, 0.717) is 0 Å². The van der Waals surface area contributed by atoms with Gasteiger partial charge in [0.25, 0.3) is 0 Å². The van der Waals surface area contributed by atoms with Crippen molar-refractivity contribution >= 4 is 0 Å². The average Bonchev–Trinajstić information content (AvgIpc) is 2.81. The molecule has 3 heteroatoms. The molecule has 1 aromatic heterocycles. The molecular weight excluding hydrogens is 284 g/mol. The van der Waals surface area contributed by atoms with Crippen molar-refractivity contribution < 1.29 is 4.74 Å². The molecule has 1 aromatic carbocycles. The minimum absolute atomic E-state index is 0.738. The molecule has 0 aliphatic heterocycles. The quantitative estimate of drug-likeness (QED) is 0.782. The summed E-state index contributed by atoms with van der Waals surface area (Å²) in [5.41, 5.74) is 5.21. The van der Waals surface area contributed by atoms with E-state index in [-0.39, 0.29) is 0 Å². The first kappa shape index (κ1) is 16.0. The fourth-order valence-electron chi connectivity index (χ4n) is 3.25. The number of benzene rings is 1. The van der Waals surface area contributed by atoms with Crippen LogP contribution in [0.3, 0.4) is 0 Å². The van der Waals surface area contributed by atoms with Crippen molar-refractivity contribution in [2.75, 3.05) is 27.2 Å². The van der Waals surface area contributed by atoms with Crippen LogP contribution in [0.4, 0.5) is 0 Å². The Bertz CT molecular complexity index is 638.